The van der Waals surface area contributed by atoms with E-state index in [1.165, 1.54) is 0 Å². The zero-order valence-corrected chi connectivity index (χ0v) is 14.7. The van der Waals surface area contributed by atoms with Gasteiger partial charge in [0.2, 0.25) is 5.91 Å². The van der Waals surface area contributed by atoms with Gasteiger partial charge in [0.1, 0.15) is 6.29 Å². The van der Waals surface area contributed by atoms with E-state index >= 15 is 0 Å². The van der Waals surface area contributed by atoms with Gasteiger partial charge in [0.25, 0.3) is 0 Å². The quantitative estimate of drug-likeness (QED) is 0.580. The van der Waals surface area contributed by atoms with Gasteiger partial charge in [-0.05, 0) is 37.5 Å². The molecule has 128 valence electrons. The van der Waals surface area contributed by atoms with E-state index in [0.717, 1.165) is 28.7 Å². The topological polar surface area (TPSA) is 37.4 Å². The first kappa shape index (κ1) is 17.2. The number of para-hydroxylation sites is 1. The number of hydrogen-bond donors (Lipinski definition) is 0. The molecule has 0 saturated carbocycles. The van der Waals surface area contributed by atoms with Crippen LogP contribution in [0.1, 0.15) is 37.8 Å². The Morgan fingerprint density at radius 2 is 1.68 bits per heavy atom. The maximum absolute atomic E-state index is 13.4. The van der Waals surface area contributed by atoms with E-state index in [0.29, 0.717) is 13.0 Å². The second kappa shape index (κ2) is 7.06. The van der Waals surface area contributed by atoms with Gasteiger partial charge in [0.15, 0.2) is 0 Å². The molecule has 0 aromatic heterocycles. The SMILES string of the molecule is CC(C)=CC[C@@]1(CC=O)C(=O)N(Cc2ccccc2)c2ccccc21. The molecule has 3 nitrogen and oxygen atoms in total. The van der Waals surface area contributed by atoms with Crippen molar-refractivity contribution in [3.8, 4) is 0 Å². The third-order valence-corrected chi connectivity index (χ3v) is 4.84. The van der Waals surface area contributed by atoms with Crippen molar-refractivity contribution in [1.29, 1.82) is 0 Å². The van der Waals surface area contributed by atoms with Crippen LogP contribution in [-0.2, 0) is 21.5 Å². The third kappa shape index (κ3) is 3.14. The number of amides is 1. The Morgan fingerprint density at radius 3 is 2.36 bits per heavy atom. The minimum atomic E-state index is -0.787. The zero-order chi connectivity index (χ0) is 17.9. The smallest absolute Gasteiger partial charge is 0.238 e. The Hall–Kier alpha value is -2.68. The van der Waals surface area contributed by atoms with Gasteiger partial charge in [-0.25, -0.2) is 0 Å². The second-order valence-corrected chi connectivity index (χ2v) is 6.83. The van der Waals surface area contributed by atoms with Gasteiger partial charge in [-0.1, -0.05) is 60.2 Å². The van der Waals surface area contributed by atoms with Crippen molar-refractivity contribution in [1.82, 2.24) is 0 Å². The van der Waals surface area contributed by atoms with Crippen molar-refractivity contribution in [3.05, 3.63) is 77.4 Å². The average molecular weight is 333 g/mol. The molecule has 2 aromatic rings. The summed E-state index contributed by atoms with van der Waals surface area (Å²) in [6.45, 7) is 4.55. The summed E-state index contributed by atoms with van der Waals surface area (Å²) in [5.41, 5.74) is 3.32. The molecule has 0 fully saturated rings. The molecule has 0 radical (unpaired) electrons. The highest BCUT2D eigenvalue weighted by molar-refractivity contribution is 6.09. The van der Waals surface area contributed by atoms with Crippen molar-refractivity contribution >= 4 is 17.9 Å². The fraction of sp³-hybridized carbons (Fsp3) is 0.273. The molecule has 1 amide bonds. The summed E-state index contributed by atoms with van der Waals surface area (Å²) in [7, 11) is 0. The average Bonchev–Trinajstić information content (AvgIpc) is 2.84. The van der Waals surface area contributed by atoms with E-state index in [-0.39, 0.29) is 12.3 Å². The molecule has 1 aliphatic rings. The molecule has 0 spiro atoms. The van der Waals surface area contributed by atoms with Crippen molar-refractivity contribution in [2.45, 2.75) is 38.6 Å². The highest BCUT2D eigenvalue weighted by atomic mass is 16.2. The number of benzene rings is 2. The minimum Gasteiger partial charge on any atom is -0.307 e. The molecule has 0 saturated heterocycles. The summed E-state index contributed by atoms with van der Waals surface area (Å²) in [5.74, 6) is 0.0159. The molecule has 0 bridgehead atoms. The summed E-state index contributed by atoms with van der Waals surface area (Å²) in [5, 5.41) is 0. The molecule has 3 heteroatoms. The molecular formula is C22H23NO2. The zero-order valence-electron chi connectivity index (χ0n) is 14.7. The lowest BCUT2D eigenvalue weighted by Crippen LogP contribution is -2.40. The molecule has 25 heavy (non-hydrogen) atoms. The van der Waals surface area contributed by atoms with Crippen LogP contribution in [0.4, 0.5) is 5.69 Å². The van der Waals surface area contributed by atoms with E-state index in [9.17, 15) is 9.59 Å². The summed E-state index contributed by atoms with van der Waals surface area (Å²) in [6, 6.07) is 17.8. The van der Waals surface area contributed by atoms with Gasteiger partial charge in [0, 0.05) is 12.1 Å². The van der Waals surface area contributed by atoms with Crippen LogP contribution in [0.3, 0.4) is 0 Å². The summed E-state index contributed by atoms with van der Waals surface area (Å²) in [6.07, 6.45) is 3.69. The predicted molar refractivity (Wildman–Crippen MR) is 100 cm³/mol. The standard InChI is InChI=1S/C22H23NO2/c1-17(2)12-13-22(14-15-24)19-10-6-7-11-20(19)23(21(22)25)16-18-8-4-3-5-9-18/h3-12,15H,13-14,16H2,1-2H3/t22-/m0/s1. The molecule has 1 heterocycles. The Morgan fingerprint density at radius 1 is 1.00 bits per heavy atom. The van der Waals surface area contributed by atoms with Crippen LogP contribution in [-0.4, -0.2) is 12.2 Å². The predicted octanol–water partition coefficient (Wildman–Crippen LogP) is 4.42. The highest BCUT2D eigenvalue weighted by Crippen LogP contribution is 2.46. The normalized spacial score (nSPS) is 18.8. The van der Waals surface area contributed by atoms with Crippen molar-refractivity contribution < 1.29 is 9.59 Å². The summed E-state index contributed by atoms with van der Waals surface area (Å²) in [4.78, 5) is 26.7. The maximum atomic E-state index is 13.4. The third-order valence-electron chi connectivity index (χ3n) is 4.84. The molecule has 2 aromatic carbocycles. The molecule has 3 rings (SSSR count). The van der Waals surface area contributed by atoms with Crippen LogP contribution >= 0.6 is 0 Å². The van der Waals surface area contributed by atoms with Crippen LogP contribution in [0, 0.1) is 0 Å². The van der Waals surface area contributed by atoms with Crippen molar-refractivity contribution in [2.24, 2.45) is 0 Å². The van der Waals surface area contributed by atoms with Crippen LogP contribution in [0.15, 0.2) is 66.2 Å². The number of fused-ring (bicyclic) bond motifs is 1. The fourth-order valence-corrected chi connectivity index (χ4v) is 3.52. The number of carbonyl (C=O) groups is 2. The molecule has 1 aliphatic heterocycles. The van der Waals surface area contributed by atoms with E-state index in [2.05, 4.69) is 6.08 Å². The van der Waals surface area contributed by atoms with Crippen molar-refractivity contribution in [3.63, 3.8) is 0 Å². The lowest BCUT2D eigenvalue weighted by molar-refractivity contribution is -0.125. The molecule has 0 aliphatic carbocycles. The fourth-order valence-electron chi connectivity index (χ4n) is 3.52. The number of allylic oxidation sites excluding steroid dienone is 2. The largest absolute Gasteiger partial charge is 0.307 e. The Bertz CT molecular complexity index is 806. The van der Waals surface area contributed by atoms with Crippen molar-refractivity contribution in [2.75, 3.05) is 4.90 Å². The Balaban J connectivity index is 2.07. The van der Waals surface area contributed by atoms with Gasteiger partial charge in [-0.3, -0.25) is 4.79 Å². The van der Waals surface area contributed by atoms with Crippen LogP contribution in [0.25, 0.3) is 0 Å². The highest BCUT2D eigenvalue weighted by Gasteiger charge is 2.49. The van der Waals surface area contributed by atoms with E-state index in [1.54, 1.807) is 0 Å². The number of aldehydes is 1. The summed E-state index contributed by atoms with van der Waals surface area (Å²) >= 11 is 0. The number of carbonyl (C=O) groups excluding carboxylic acids is 2. The number of rotatable bonds is 6. The van der Waals surface area contributed by atoms with Gasteiger partial charge in [-0.15, -0.1) is 0 Å². The monoisotopic (exact) mass is 333 g/mol. The number of anilines is 1. The van der Waals surface area contributed by atoms with E-state index < -0.39 is 5.41 Å². The van der Waals surface area contributed by atoms with Gasteiger partial charge >= 0.3 is 0 Å². The van der Waals surface area contributed by atoms with Gasteiger partial charge < -0.3 is 9.69 Å². The molecule has 1 atom stereocenters. The first-order valence-corrected chi connectivity index (χ1v) is 8.61. The minimum absolute atomic E-state index is 0.0159. The lowest BCUT2D eigenvalue weighted by Gasteiger charge is -2.26. The molecule has 0 N–H and O–H groups in total. The van der Waals surface area contributed by atoms with E-state index in [1.807, 2.05) is 73.3 Å². The number of nitrogens with zero attached hydrogens (tertiary/aromatic N) is 1. The van der Waals surface area contributed by atoms with Crippen LogP contribution < -0.4 is 4.90 Å². The van der Waals surface area contributed by atoms with Crippen LogP contribution in [0.5, 0.6) is 0 Å². The van der Waals surface area contributed by atoms with E-state index in [4.69, 9.17) is 0 Å². The first-order valence-electron chi connectivity index (χ1n) is 8.61. The summed E-state index contributed by atoms with van der Waals surface area (Å²) < 4.78 is 0. The molecular weight excluding hydrogens is 310 g/mol. The maximum Gasteiger partial charge on any atom is 0.238 e. The molecule has 0 unspecified atom stereocenters. The van der Waals surface area contributed by atoms with Gasteiger partial charge in [0.05, 0.1) is 12.0 Å². The Kier molecular flexibility index (Phi) is 4.84. The second-order valence-electron chi connectivity index (χ2n) is 6.83. The first-order chi connectivity index (χ1) is 12.1. The van der Waals surface area contributed by atoms with Crippen LogP contribution in [0.2, 0.25) is 0 Å². The lowest BCUT2D eigenvalue weighted by atomic mass is 9.76. The Labute approximate surface area is 149 Å². The number of hydrogen-bond acceptors (Lipinski definition) is 2. The van der Waals surface area contributed by atoms with Gasteiger partial charge in [-0.2, -0.15) is 0 Å².